The average molecular weight is 395 g/mol. The zero-order valence-corrected chi connectivity index (χ0v) is 18.1. The lowest BCUT2D eigenvalue weighted by Crippen LogP contribution is -2.16. The van der Waals surface area contributed by atoms with E-state index in [1.165, 1.54) is 5.56 Å². The van der Waals surface area contributed by atoms with E-state index in [0.29, 0.717) is 6.42 Å². The van der Waals surface area contributed by atoms with Crippen molar-refractivity contribution in [3.05, 3.63) is 82.9 Å². The number of fused-ring (bicyclic) bond motifs is 1. The van der Waals surface area contributed by atoms with Gasteiger partial charge >= 0.3 is 0 Å². The van der Waals surface area contributed by atoms with E-state index in [0.717, 1.165) is 47.5 Å². The smallest absolute Gasteiger partial charge is 0.125 e. The van der Waals surface area contributed by atoms with E-state index in [-0.39, 0.29) is 12.0 Å². The molecule has 29 heavy (non-hydrogen) atoms. The van der Waals surface area contributed by atoms with Gasteiger partial charge < -0.3 is 15.6 Å². The van der Waals surface area contributed by atoms with Crippen molar-refractivity contribution in [3.63, 3.8) is 0 Å². The molecule has 1 unspecified atom stereocenters. The third kappa shape index (κ3) is 6.55. The van der Waals surface area contributed by atoms with Crippen LogP contribution in [-0.2, 0) is 17.6 Å². The average Bonchev–Trinajstić information content (AvgIpc) is 2.86. The van der Waals surface area contributed by atoms with Gasteiger partial charge in [-0.3, -0.25) is 4.98 Å². The Labute approximate surface area is 175 Å². The quantitative estimate of drug-likeness (QED) is 0.755. The van der Waals surface area contributed by atoms with E-state index in [1.807, 2.05) is 44.3 Å². The SMILES string of the molecule is COC1=C(C)c2cccnc2CC=C1CC(O)C(C)C.NCCc1ccccc1. The summed E-state index contributed by atoms with van der Waals surface area (Å²) in [5, 5.41) is 10.2. The predicted molar refractivity (Wildman–Crippen MR) is 120 cm³/mol. The maximum absolute atomic E-state index is 10.2. The van der Waals surface area contributed by atoms with Crippen LogP contribution in [0.2, 0.25) is 0 Å². The van der Waals surface area contributed by atoms with Crippen LogP contribution in [-0.4, -0.2) is 29.8 Å². The van der Waals surface area contributed by atoms with Crippen molar-refractivity contribution in [1.82, 2.24) is 4.98 Å². The second kappa shape index (κ2) is 11.5. The molecule has 0 radical (unpaired) electrons. The highest BCUT2D eigenvalue weighted by Gasteiger charge is 2.21. The third-order valence-electron chi connectivity index (χ3n) is 5.15. The number of benzene rings is 1. The van der Waals surface area contributed by atoms with Gasteiger partial charge in [-0.15, -0.1) is 0 Å². The first-order valence-corrected chi connectivity index (χ1v) is 10.3. The van der Waals surface area contributed by atoms with Crippen molar-refractivity contribution in [2.75, 3.05) is 13.7 Å². The fourth-order valence-electron chi connectivity index (χ4n) is 3.35. The highest BCUT2D eigenvalue weighted by Crippen LogP contribution is 2.32. The summed E-state index contributed by atoms with van der Waals surface area (Å²) in [7, 11) is 1.69. The van der Waals surface area contributed by atoms with Crippen molar-refractivity contribution >= 4 is 5.57 Å². The maximum Gasteiger partial charge on any atom is 0.125 e. The zero-order valence-electron chi connectivity index (χ0n) is 18.1. The molecular formula is C25H34N2O2. The number of allylic oxidation sites excluding steroid dienone is 3. The Morgan fingerprint density at radius 3 is 2.48 bits per heavy atom. The number of aliphatic hydroxyl groups excluding tert-OH is 1. The molecule has 1 aromatic heterocycles. The van der Waals surface area contributed by atoms with Crippen molar-refractivity contribution in [2.24, 2.45) is 11.7 Å². The Morgan fingerprint density at radius 2 is 1.86 bits per heavy atom. The normalized spacial score (nSPS) is 14.4. The van der Waals surface area contributed by atoms with Gasteiger partial charge in [0.05, 0.1) is 18.9 Å². The number of hydrogen-bond acceptors (Lipinski definition) is 4. The highest BCUT2D eigenvalue weighted by molar-refractivity contribution is 5.72. The molecule has 0 amide bonds. The molecule has 0 spiro atoms. The standard InChI is InChI=1S/C17H23NO2.C8H11N/c1-11(2)16(19)10-13-7-8-15-14(6-5-9-18-15)12(3)17(13)20-4;9-7-6-8-4-2-1-3-5-8/h5-7,9,11,16,19H,8,10H2,1-4H3;1-5H,6-7,9H2. The van der Waals surface area contributed by atoms with Crippen LogP contribution in [0.5, 0.6) is 0 Å². The van der Waals surface area contributed by atoms with Crippen LogP contribution in [0.25, 0.3) is 5.57 Å². The van der Waals surface area contributed by atoms with Crippen LogP contribution in [0.15, 0.2) is 66.1 Å². The first-order valence-electron chi connectivity index (χ1n) is 10.3. The lowest BCUT2D eigenvalue weighted by atomic mass is 9.96. The summed E-state index contributed by atoms with van der Waals surface area (Å²) in [4.78, 5) is 4.45. The molecule has 4 heteroatoms. The summed E-state index contributed by atoms with van der Waals surface area (Å²) in [6, 6.07) is 14.3. The van der Waals surface area contributed by atoms with Crippen LogP contribution < -0.4 is 5.73 Å². The van der Waals surface area contributed by atoms with Crippen molar-refractivity contribution in [1.29, 1.82) is 0 Å². The molecule has 3 N–H and O–H groups in total. The maximum atomic E-state index is 10.2. The number of aromatic nitrogens is 1. The molecule has 1 aromatic carbocycles. The number of rotatable bonds is 6. The van der Waals surface area contributed by atoms with Crippen molar-refractivity contribution in [3.8, 4) is 0 Å². The van der Waals surface area contributed by atoms with Gasteiger partial charge in [0.2, 0.25) is 0 Å². The van der Waals surface area contributed by atoms with E-state index in [4.69, 9.17) is 10.5 Å². The second-order valence-corrected chi connectivity index (χ2v) is 7.63. The van der Waals surface area contributed by atoms with Crippen LogP contribution in [0.1, 0.15) is 44.0 Å². The summed E-state index contributed by atoms with van der Waals surface area (Å²) in [5.74, 6) is 1.11. The lowest BCUT2D eigenvalue weighted by molar-refractivity contribution is 0.123. The highest BCUT2D eigenvalue weighted by atomic mass is 16.5. The number of nitrogens with two attached hydrogens (primary N) is 1. The molecule has 2 aromatic rings. The molecular weight excluding hydrogens is 360 g/mol. The lowest BCUT2D eigenvalue weighted by Gasteiger charge is -2.19. The van der Waals surface area contributed by atoms with Gasteiger partial charge in [-0.1, -0.05) is 56.3 Å². The van der Waals surface area contributed by atoms with Crippen LogP contribution in [0, 0.1) is 5.92 Å². The van der Waals surface area contributed by atoms with E-state index >= 15 is 0 Å². The molecule has 0 saturated heterocycles. The molecule has 0 fully saturated rings. The Morgan fingerprint density at radius 1 is 1.14 bits per heavy atom. The van der Waals surface area contributed by atoms with Gasteiger partial charge in [-0.25, -0.2) is 0 Å². The number of aliphatic hydroxyl groups is 1. The monoisotopic (exact) mass is 394 g/mol. The van der Waals surface area contributed by atoms with Crippen LogP contribution in [0.4, 0.5) is 0 Å². The Kier molecular flexibility index (Phi) is 9.10. The first-order chi connectivity index (χ1) is 14.0. The molecule has 4 nitrogen and oxygen atoms in total. The summed E-state index contributed by atoms with van der Waals surface area (Å²) >= 11 is 0. The predicted octanol–water partition coefficient (Wildman–Crippen LogP) is 4.54. The van der Waals surface area contributed by atoms with Gasteiger partial charge in [0.15, 0.2) is 0 Å². The molecule has 1 aliphatic rings. The van der Waals surface area contributed by atoms with Gasteiger partial charge in [0.1, 0.15) is 5.76 Å². The number of methoxy groups -OCH3 is 1. The minimum absolute atomic E-state index is 0.234. The fraction of sp³-hybridized carbons (Fsp3) is 0.400. The molecule has 156 valence electrons. The van der Waals surface area contributed by atoms with E-state index in [2.05, 4.69) is 36.2 Å². The molecule has 1 atom stereocenters. The van der Waals surface area contributed by atoms with Crippen molar-refractivity contribution < 1.29 is 9.84 Å². The van der Waals surface area contributed by atoms with Gasteiger partial charge in [0.25, 0.3) is 0 Å². The van der Waals surface area contributed by atoms with Gasteiger partial charge in [0, 0.05) is 30.2 Å². The topological polar surface area (TPSA) is 68.4 Å². The van der Waals surface area contributed by atoms with Gasteiger partial charge in [-0.2, -0.15) is 0 Å². The number of pyridine rings is 1. The molecule has 0 bridgehead atoms. The van der Waals surface area contributed by atoms with E-state index in [9.17, 15) is 5.11 Å². The Bertz CT molecular complexity index is 826. The summed E-state index contributed by atoms with van der Waals surface area (Å²) in [6.45, 7) is 6.85. The molecule has 3 rings (SSSR count). The minimum Gasteiger partial charge on any atom is -0.496 e. The fourth-order valence-corrected chi connectivity index (χ4v) is 3.35. The Hall–Kier alpha value is -2.43. The summed E-state index contributed by atoms with van der Waals surface area (Å²) in [6.07, 6.45) is 5.98. The van der Waals surface area contributed by atoms with Crippen molar-refractivity contribution in [2.45, 2.75) is 46.1 Å². The zero-order chi connectivity index (χ0) is 21.2. The first kappa shape index (κ1) is 22.9. The summed E-state index contributed by atoms with van der Waals surface area (Å²) < 4.78 is 5.61. The molecule has 1 aliphatic carbocycles. The summed E-state index contributed by atoms with van der Waals surface area (Å²) in [5.41, 5.74) is 11.0. The number of hydrogen-bond donors (Lipinski definition) is 2. The van der Waals surface area contributed by atoms with Crippen LogP contribution >= 0.6 is 0 Å². The number of nitrogens with zero attached hydrogens (tertiary/aromatic N) is 1. The molecule has 0 saturated carbocycles. The minimum atomic E-state index is -0.353. The molecule has 0 aliphatic heterocycles. The van der Waals surface area contributed by atoms with Gasteiger partial charge in [-0.05, 0) is 43.0 Å². The largest absolute Gasteiger partial charge is 0.496 e. The third-order valence-corrected chi connectivity index (χ3v) is 5.15. The molecule has 1 heterocycles. The second-order valence-electron chi connectivity index (χ2n) is 7.63. The Balaban J connectivity index is 0.000000278. The van der Waals surface area contributed by atoms with E-state index in [1.54, 1.807) is 7.11 Å². The van der Waals surface area contributed by atoms with Crippen LogP contribution in [0.3, 0.4) is 0 Å². The van der Waals surface area contributed by atoms with E-state index < -0.39 is 0 Å². The number of ether oxygens (including phenoxy) is 1.